The van der Waals surface area contributed by atoms with Crippen molar-refractivity contribution in [2.75, 3.05) is 10.6 Å². The molecule has 1 aromatic heterocycles. The van der Waals surface area contributed by atoms with E-state index in [4.69, 9.17) is 0 Å². The summed E-state index contributed by atoms with van der Waals surface area (Å²) in [5, 5.41) is 11.8. The normalized spacial score (nSPS) is 10.0. The second-order valence-corrected chi connectivity index (χ2v) is 4.14. The smallest absolute Gasteiger partial charge is 0.273 e. The maximum Gasteiger partial charge on any atom is 0.273 e. The molecule has 1 aromatic carbocycles. The molecule has 0 saturated heterocycles. The number of carbonyl (C=O) groups excluding carboxylic acids is 2. The van der Waals surface area contributed by atoms with E-state index in [0.717, 1.165) is 5.56 Å². The lowest BCUT2D eigenvalue weighted by atomic mass is 10.2. The van der Waals surface area contributed by atoms with Gasteiger partial charge in [-0.1, -0.05) is 6.07 Å². The van der Waals surface area contributed by atoms with Gasteiger partial charge >= 0.3 is 0 Å². The van der Waals surface area contributed by atoms with E-state index >= 15 is 0 Å². The van der Waals surface area contributed by atoms with Crippen molar-refractivity contribution in [2.45, 2.75) is 13.8 Å². The number of aryl methyl sites for hydroxylation is 1. The molecule has 2 aromatic rings. The number of aromatic nitrogens is 2. The van der Waals surface area contributed by atoms with Crippen LogP contribution >= 0.6 is 0 Å². The number of benzene rings is 1. The van der Waals surface area contributed by atoms with E-state index in [1.54, 1.807) is 37.4 Å². The standard InChI is InChI=1S/C13H14N4O2/c1-8-7-14-17-12(8)13(19)16-11-5-3-4-10(6-11)15-9(2)18/h3-7H,1-2H3,(H,14,17)(H,15,18)(H,16,19). The molecule has 0 spiro atoms. The first-order valence-electron chi connectivity index (χ1n) is 5.75. The zero-order valence-electron chi connectivity index (χ0n) is 10.7. The van der Waals surface area contributed by atoms with Gasteiger partial charge in [0.05, 0.1) is 6.20 Å². The lowest BCUT2D eigenvalue weighted by Gasteiger charge is -2.07. The summed E-state index contributed by atoms with van der Waals surface area (Å²) < 4.78 is 0. The summed E-state index contributed by atoms with van der Waals surface area (Å²) >= 11 is 0. The maximum atomic E-state index is 12.0. The Morgan fingerprint density at radius 1 is 1.21 bits per heavy atom. The van der Waals surface area contributed by atoms with Gasteiger partial charge in [0.15, 0.2) is 0 Å². The number of H-pyrrole nitrogens is 1. The van der Waals surface area contributed by atoms with E-state index in [9.17, 15) is 9.59 Å². The fourth-order valence-electron chi connectivity index (χ4n) is 1.65. The van der Waals surface area contributed by atoms with Gasteiger partial charge in [0.2, 0.25) is 5.91 Å². The highest BCUT2D eigenvalue weighted by Gasteiger charge is 2.11. The molecule has 6 heteroatoms. The number of nitrogens with one attached hydrogen (secondary N) is 3. The zero-order chi connectivity index (χ0) is 13.8. The van der Waals surface area contributed by atoms with Gasteiger partial charge in [-0.05, 0) is 30.7 Å². The highest BCUT2D eigenvalue weighted by atomic mass is 16.2. The van der Waals surface area contributed by atoms with Gasteiger partial charge < -0.3 is 10.6 Å². The number of nitrogens with zero attached hydrogens (tertiary/aromatic N) is 1. The monoisotopic (exact) mass is 258 g/mol. The topological polar surface area (TPSA) is 86.9 Å². The Kier molecular flexibility index (Phi) is 3.61. The maximum absolute atomic E-state index is 12.0. The van der Waals surface area contributed by atoms with Crippen LogP contribution in [0.5, 0.6) is 0 Å². The molecule has 2 rings (SSSR count). The summed E-state index contributed by atoms with van der Waals surface area (Å²) in [5.74, 6) is -0.428. The molecule has 0 aliphatic rings. The predicted molar refractivity (Wildman–Crippen MR) is 72.0 cm³/mol. The second-order valence-electron chi connectivity index (χ2n) is 4.14. The van der Waals surface area contributed by atoms with E-state index in [0.29, 0.717) is 17.1 Å². The first kappa shape index (κ1) is 12.8. The molecule has 0 aliphatic heterocycles. The summed E-state index contributed by atoms with van der Waals surface area (Å²) in [6.45, 7) is 3.23. The molecule has 98 valence electrons. The molecule has 0 fully saturated rings. The highest BCUT2D eigenvalue weighted by Crippen LogP contribution is 2.16. The van der Waals surface area contributed by atoms with Crippen LogP contribution in [0.25, 0.3) is 0 Å². The molecule has 1 heterocycles. The van der Waals surface area contributed by atoms with Crippen molar-refractivity contribution in [3.63, 3.8) is 0 Å². The highest BCUT2D eigenvalue weighted by molar-refractivity contribution is 6.04. The molecule has 0 aliphatic carbocycles. The van der Waals surface area contributed by atoms with E-state index in [2.05, 4.69) is 20.8 Å². The minimum atomic E-state index is -0.269. The fourth-order valence-corrected chi connectivity index (χ4v) is 1.65. The number of amides is 2. The molecule has 19 heavy (non-hydrogen) atoms. The molecule has 6 nitrogen and oxygen atoms in total. The van der Waals surface area contributed by atoms with Crippen molar-refractivity contribution in [1.29, 1.82) is 0 Å². The Labute approximate surface area is 110 Å². The van der Waals surface area contributed by atoms with Gasteiger partial charge in [-0.2, -0.15) is 5.10 Å². The van der Waals surface area contributed by atoms with Gasteiger partial charge in [-0.25, -0.2) is 0 Å². The Balaban J connectivity index is 2.13. The van der Waals surface area contributed by atoms with Gasteiger partial charge in [0.1, 0.15) is 5.69 Å². The lowest BCUT2D eigenvalue weighted by Crippen LogP contribution is -2.14. The van der Waals surface area contributed by atoms with Crippen molar-refractivity contribution in [1.82, 2.24) is 10.2 Å². The van der Waals surface area contributed by atoms with Crippen molar-refractivity contribution in [3.05, 3.63) is 41.7 Å². The largest absolute Gasteiger partial charge is 0.326 e. The van der Waals surface area contributed by atoms with Crippen LogP contribution in [0.3, 0.4) is 0 Å². The van der Waals surface area contributed by atoms with Gasteiger partial charge in [-0.15, -0.1) is 0 Å². The number of rotatable bonds is 3. The van der Waals surface area contributed by atoms with E-state index < -0.39 is 0 Å². The Bertz CT molecular complexity index is 619. The SMILES string of the molecule is CC(=O)Nc1cccc(NC(=O)c2[nH]ncc2C)c1. The second kappa shape index (κ2) is 5.34. The van der Waals surface area contributed by atoms with Crippen LogP contribution in [0.4, 0.5) is 11.4 Å². The van der Waals surface area contributed by atoms with Crippen LogP contribution in [0, 0.1) is 6.92 Å². The van der Waals surface area contributed by atoms with Crippen LogP contribution in [-0.2, 0) is 4.79 Å². The fraction of sp³-hybridized carbons (Fsp3) is 0.154. The average molecular weight is 258 g/mol. The number of carbonyl (C=O) groups is 2. The first-order chi connectivity index (χ1) is 9.06. The summed E-state index contributed by atoms with van der Waals surface area (Å²) in [7, 11) is 0. The van der Waals surface area contributed by atoms with Gasteiger partial charge in [-0.3, -0.25) is 14.7 Å². The number of hydrogen-bond acceptors (Lipinski definition) is 3. The van der Waals surface area contributed by atoms with Crippen molar-refractivity contribution in [3.8, 4) is 0 Å². The van der Waals surface area contributed by atoms with Gasteiger partial charge in [0.25, 0.3) is 5.91 Å². The first-order valence-corrected chi connectivity index (χ1v) is 5.75. The van der Waals surface area contributed by atoms with E-state index in [1.807, 2.05) is 0 Å². The summed E-state index contributed by atoms with van der Waals surface area (Å²) in [5.41, 5.74) is 2.43. The Morgan fingerprint density at radius 2 is 1.89 bits per heavy atom. The Morgan fingerprint density at radius 3 is 2.47 bits per heavy atom. The molecule has 0 saturated carbocycles. The third kappa shape index (κ3) is 3.19. The molecule has 0 radical (unpaired) electrons. The van der Waals surface area contributed by atoms with E-state index in [-0.39, 0.29) is 11.8 Å². The molecular formula is C13H14N4O2. The van der Waals surface area contributed by atoms with Crippen LogP contribution < -0.4 is 10.6 Å². The van der Waals surface area contributed by atoms with Crippen LogP contribution in [0.2, 0.25) is 0 Å². The zero-order valence-corrected chi connectivity index (χ0v) is 10.7. The molecule has 0 bridgehead atoms. The minimum absolute atomic E-state index is 0.159. The van der Waals surface area contributed by atoms with Crippen molar-refractivity contribution < 1.29 is 9.59 Å². The summed E-state index contributed by atoms with van der Waals surface area (Å²) in [6, 6.07) is 6.93. The molecule has 0 atom stereocenters. The molecule has 0 unspecified atom stereocenters. The van der Waals surface area contributed by atoms with Crippen LogP contribution in [-0.4, -0.2) is 22.0 Å². The third-order valence-electron chi connectivity index (χ3n) is 2.50. The quantitative estimate of drug-likeness (QED) is 0.786. The molecule has 2 amide bonds. The van der Waals surface area contributed by atoms with E-state index in [1.165, 1.54) is 6.92 Å². The number of anilines is 2. The summed E-state index contributed by atoms with van der Waals surface area (Å²) in [4.78, 5) is 22.9. The number of hydrogen-bond donors (Lipinski definition) is 3. The van der Waals surface area contributed by atoms with Gasteiger partial charge in [0, 0.05) is 18.3 Å². The average Bonchev–Trinajstić information content (AvgIpc) is 2.75. The summed E-state index contributed by atoms with van der Waals surface area (Å²) in [6.07, 6.45) is 1.59. The molecular weight excluding hydrogens is 244 g/mol. The molecule has 3 N–H and O–H groups in total. The predicted octanol–water partition coefficient (Wildman–Crippen LogP) is 1.93. The van der Waals surface area contributed by atoms with Crippen LogP contribution in [0.1, 0.15) is 23.0 Å². The van der Waals surface area contributed by atoms with Crippen molar-refractivity contribution >= 4 is 23.2 Å². The lowest BCUT2D eigenvalue weighted by molar-refractivity contribution is -0.114. The minimum Gasteiger partial charge on any atom is -0.326 e. The van der Waals surface area contributed by atoms with Crippen molar-refractivity contribution in [2.24, 2.45) is 0 Å². The Hall–Kier alpha value is -2.63. The number of aromatic amines is 1. The third-order valence-corrected chi connectivity index (χ3v) is 2.50. The van der Waals surface area contributed by atoms with Crippen LogP contribution in [0.15, 0.2) is 30.5 Å².